The Morgan fingerprint density at radius 2 is 1.75 bits per heavy atom. The van der Waals surface area contributed by atoms with Gasteiger partial charge in [-0.3, -0.25) is 0 Å². The van der Waals surface area contributed by atoms with Crippen molar-refractivity contribution >= 4 is 27.6 Å². The van der Waals surface area contributed by atoms with Crippen LogP contribution in [0.4, 0.5) is 0 Å². The zero-order chi connectivity index (χ0) is 6.78. The van der Waals surface area contributed by atoms with Crippen LogP contribution in [0.5, 0.6) is 0 Å². The molecule has 0 radical (unpaired) electrons. The Balaban J connectivity index is 3.55. The first-order valence-corrected chi connectivity index (χ1v) is 15.9. The SMILES string of the molecule is CC(=O)[O][Pb]([CH3])([CH3])[CH3]. The molecule has 0 aromatic heterocycles. The molecule has 3 heteroatoms. The average Bonchev–Trinajstić information content (AvgIpc) is 1.21. The van der Waals surface area contributed by atoms with Crippen LogP contribution in [0.3, 0.4) is 0 Å². The summed E-state index contributed by atoms with van der Waals surface area (Å²) in [6.45, 7) is 1.46. The molecule has 0 aliphatic carbocycles. The topological polar surface area (TPSA) is 26.3 Å². The minimum atomic E-state index is -2.32. The molecule has 0 spiro atoms. The Morgan fingerprint density at radius 1 is 1.38 bits per heavy atom. The van der Waals surface area contributed by atoms with Gasteiger partial charge in [0.05, 0.1) is 0 Å². The van der Waals surface area contributed by atoms with Crippen LogP contribution in [0.25, 0.3) is 0 Å². The van der Waals surface area contributed by atoms with Gasteiger partial charge in [-0.25, -0.2) is 0 Å². The molecule has 0 aliphatic rings. The molecule has 0 N–H and O–H groups in total. The Bertz CT molecular complexity index is 93.1. The Kier molecular flexibility index (Phi) is 2.93. The van der Waals surface area contributed by atoms with Gasteiger partial charge in [0, 0.05) is 0 Å². The zero-order valence-electron chi connectivity index (χ0n) is 5.82. The van der Waals surface area contributed by atoms with Gasteiger partial charge in [0.1, 0.15) is 0 Å². The van der Waals surface area contributed by atoms with Gasteiger partial charge in [-0.1, -0.05) is 0 Å². The summed E-state index contributed by atoms with van der Waals surface area (Å²) in [7, 11) is 0. The molecule has 0 amide bonds. The number of hydrogen-bond donors (Lipinski definition) is 0. The van der Waals surface area contributed by atoms with Crippen LogP contribution < -0.4 is 0 Å². The van der Waals surface area contributed by atoms with E-state index in [1.165, 1.54) is 6.92 Å². The van der Waals surface area contributed by atoms with Gasteiger partial charge in [-0.2, -0.15) is 0 Å². The van der Waals surface area contributed by atoms with E-state index in [0.717, 1.165) is 0 Å². The van der Waals surface area contributed by atoms with E-state index in [1.807, 2.05) is 0 Å². The molecule has 0 rings (SSSR count). The van der Waals surface area contributed by atoms with Crippen LogP contribution in [-0.4, -0.2) is 27.6 Å². The number of carbonyl (C=O) groups excluding carboxylic acids is 1. The van der Waals surface area contributed by atoms with E-state index in [-0.39, 0.29) is 5.97 Å². The number of rotatable bonds is 1. The third-order valence-electron chi connectivity index (χ3n) is 0.450. The van der Waals surface area contributed by atoms with Crippen molar-refractivity contribution in [3.8, 4) is 0 Å². The van der Waals surface area contributed by atoms with Crippen LogP contribution in [0.1, 0.15) is 6.92 Å². The van der Waals surface area contributed by atoms with Crippen molar-refractivity contribution in [3.05, 3.63) is 0 Å². The maximum absolute atomic E-state index is 10.3. The van der Waals surface area contributed by atoms with E-state index < -0.39 is 21.6 Å². The van der Waals surface area contributed by atoms with Gasteiger partial charge in [-0.05, 0) is 0 Å². The summed E-state index contributed by atoms with van der Waals surface area (Å²) in [5.74, 6) is -0.126. The second kappa shape index (κ2) is 2.80. The Labute approximate surface area is 55.5 Å². The molecule has 0 saturated carbocycles. The Hall–Kier alpha value is 0.392. The van der Waals surface area contributed by atoms with Crippen molar-refractivity contribution in [3.63, 3.8) is 0 Å². The fraction of sp³-hybridized carbons (Fsp3) is 0.800. The molecular formula is C5H12O2Pb. The van der Waals surface area contributed by atoms with Gasteiger partial charge in [-0.15, -0.1) is 0 Å². The average molecular weight is 311 g/mol. The van der Waals surface area contributed by atoms with Gasteiger partial charge in [0.2, 0.25) is 0 Å². The third kappa shape index (κ3) is 6.39. The van der Waals surface area contributed by atoms with Crippen molar-refractivity contribution in [2.45, 2.75) is 20.4 Å². The normalized spacial score (nSPS) is 11.0. The van der Waals surface area contributed by atoms with Gasteiger partial charge in [0.15, 0.2) is 0 Å². The van der Waals surface area contributed by atoms with Crippen molar-refractivity contribution in [2.75, 3.05) is 0 Å². The predicted molar refractivity (Wildman–Crippen MR) is 35.1 cm³/mol. The molecule has 48 valence electrons. The van der Waals surface area contributed by atoms with Gasteiger partial charge >= 0.3 is 55.4 Å². The van der Waals surface area contributed by atoms with Crippen LogP contribution >= 0.6 is 0 Å². The van der Waals surface area contributed by atoms with Crippen molar-refractivity contribution < 1.29 is 7.48 Å². The third-order valence-corrected chi connectivity index (χ3v) is 3.95. The van der Waals surface area contributed by atoms with E-state index in [4.69, 9.17) is 2.69 Å². The molecule has 0 bridgehead atoms. The first kappa shape index (κ1) is 8.39. The van der Waals surface area contributed by atoms with E-state index >= 15 is 0 Å². The molecule has 0 unspecified atom stereocenters. The molecule has 0 aromatic carbocycles. The second-order valence-electron chi connectivity index (χ2n) is 2.71. The standard InChI is InChI=1S/C2H4O2.3CH3.Pb/c1-2(3)4;;;;/h1H3,(H,3,4);3*1H3;/q;;;;+1/p-1. The van der Waals surface area contributed by atoms with Crippen LogP contribution in [-0.2, 0) is 7.48 Å². The van der Waals surface area contributed by atoms with Crippen molar-refractivity contribution in [1.29, 1.82) is 0 Å². The number of carbonyl (C=O) groups is 1. The first-order chi connectivity index (χ1) is 3.42. The number of hydrogen-bond acceptors (Lipinski definition) is 2. The van der Waals surface area contributed by atoms with Crippen LogP contribution in [0.15, 0.2) is 0 Å². The van der Waals surface area contributed by atoms with E-state index in [1.54, 1.807) is 0 Å². The molecule has 0 aliphatic heterocycles. The molecule has 0 aromatic rings. The quantitative estimate of drug-likeness (QED) is 0.684. The summed E-state index contributed by atoms with van der Waals surface area (Å²) in [4.78, 5) is 10.3. The zero-order valence-corrected chi connectivity index (χ0v) is 9.70. The first-order valence-electron chi connectivity index (χ1n) is 2.61. The fourth-order valence-electron chi connectivity index (χ4n) is 0.431. The molecule has 0 fully saturated rings. The second-order valence-corrected chi connectivity index (χ2v) is 19.9. The summed E-state index contributed by atoms with van der Waals surface area (Å²) >= 11 is -2.32. The molecule has 8 heavy (non-hydrogen) atoms. The molecule has 0 saturated heterocycles. The molecule has 0 atom stereocenters. The predicted octanol–water partition coefficient (Wildman–Crippen LogP) is 1.38. The van der Waals surface area contributed by atoms with E-state index in [9.17, 15) is 4.79 Å². The van der Waals surface area contributed by atoms with E-state index in [2.05, 4.69) is 13.4 Å². The van der Waals surface area contributed by atoms with Gasteiger partial charge in [0.25, 0.3) is 0 Å². The van der Waals surface area contributed by atoms with Crippen molar-refractivity contribution in [1.82, 2.24) is 0 Å². The minimum absolute atomic E-state index is 0.126. The Morgan fingerprint density at radius 3 is 1.75 bits per heavy atom. The summed E-state index contributed by atoms with van der Waals surface area (Å²) < 4.78 is 11.2. The fourth-order valence-corrected chi connectivity index (χ4v) is 3.78. The summed E-state index contributed by atoms with van der Waals surface area (Å²) in [6, 6.07) is 0. The van der Waals surface area contributed by atoms with Crippen LogP contribution in [0, 0.1) is 0 Å². The van der Waals surface area contributed by atoms with E-state index in [0.29, 0.717) is 0 Å². The summed E-state index contributed by atoms with van der Waals surface area (Å²) in [5, 5.41) is 0. The molecule has 2 nitrogen and oxygen atoms in total. The summed E-state index contributed by atoms with van der Waals surface area (Å²) in [6.07, 6.45) is 0. The molecule has 0 heterocycles. The molecular weight excluding hydrogens is 299 g/mol. The van der Waals surface area contributed by atoms with Crippen molar-refractivity contribution in [2.24, 2.45) is 0 Å². The summed E-state index contributed by atoms with van der Waals surface area (Å²) in [5.41, 5.74) is 0. The van der Waals surface area contributed by atoms with Gasteiger partial charge < -0.3 is 0 Å². The monoisotopic (exact) mass is 312 g/mol. The van der Waals surface area contributed by atoms with Crippen LogP contribution in [0.2, 0.25) is 13.4 Å². The maximum atomic E-state index is 10.3.